The van der Waals surface area contributed by atoms with Crippen molar-refractivity contribution >= 4 is 16.7 Å². The molecule has 0 aliphatic heterocycles. The van der Waals surface area contributed by atoms with Gasteiger partial charge in [-0.05, 0) is 38.1 Å². The standard InChI is InChI=1S/C19H18N6/c1-13-8-9-17-16(10-13)19(21-12-20-17)22-14(2)18-11-25(24-23-18)15-6-4-3-5-7-15/h3-12,14H,1-2H3,(H,20,21,22). The third kappa shape index (κ3) is 3.06. The summed E-state index contributed by atoms with van der Waals surface area (Å²) in [5, 5.41) is 12.9. The van der Waals surface area contributed by atoms with Crippen LogP contribution in [0.25, 0.3) is 16.6 Å². The van der Waals surface area contributed by atoms with Gasteiger partial charge in [0.2, 0.25) is 0 Å². The average Bonchev–Trinajstić information content (AvgIpc) is 3.13. The van der Waals surface area contributed by atoms with Gasteiger partial charge >= 0.3 is 0 Å². The molecule has 0 spiro atoms. The monoisotopic (exact) mass is 330 g/mol. The van der Waals surface area contributed by atoms with Crippen LogP contribution in [-0.4, -0.2) is 25.0 Å². The Bertz CT molecular complexity index is 1010. The molecule has 0 amide bonds. The number of benzene rings is 2. The maximum Gasteiger partial charge on any atom is 0.137 e. The summed E-state index contributed by atoms with van der Waals surface area (Å²) in [6.45, 7) is 4.11. The second kappa shape index (κ2) is 6.32. The molecular weight excluding hydrogens is 312 g/mol. The second-order valence-corrected chi connectivity index (χ2v) is 6.03. The molecule has 0 saturated heterocycles. The molecule has 1 atom stereocenters. The Morgan fingerprint density at radius 2 is 1.88 bits per heavy atom. The van der Waals surface area contributed by atoms with Gasteiger partial charge in [0.1, 0.15) is 17.8 Å². The summed E-state index contributed by atoms with van der Waals surface area (Å²) in [4.78, 5) is 8.72. The van der Waals surface area contributed by atoms with Gasteiger partial charge < -0.3 is 5.32 Å². The van der Waals surface area contributed by atoms with Gasteiger partial charge in [-0.3, -0.25) is 0 Å². The van der Waals surface area contributed by atoms with E-state index in [0.29, 0.717) is 0 Å². The van der Waals surface area contributed by atoms with Crippen molar-refractivity contribution < 1.29 is 0 Å². The number of hydrogen-bond donors (Lipinski definition) is 1. The van der Waals surface area contributed by atoms with E-state index in [0.717, 1.165) is 28.1 Å². The molecule has 6 heteroatoms. The fourth-order valence-corrected chi connectivity index (χ4v) is 2.75. The quantitative estimate of drug-likeness (QED) is 0.618. The predicted molar refractivity (Wildman–Crippen MR) is 97.7 cm³/mol. The summed E-state index contributed by atoms with van der Waals surface area (Å²) in [6.07, 6.45) is 3.51. The summed E-state index contributed by atoms with van der Waals surface area (Å²) in [7, 11) is 0. The number of rotatable bonds is 4. The van der Waals surface area contributed by atoms with Gasteiger partial charge in [-0.1, -0.05) is 35.0 Å². The summed E-state index contributed by atoms with van der Waals surface area (Å²) in [5.74, 6) is 0.801. The third-order valence-electron chi connectivity index (χ3n) is 4.12. The van der Waals surface area contributed by atoms with Crippen LogP contribution in [0.1, 0.15) is 24.2 Å². The first-order chi connectivity index (χ1) is 12.2. The van der Waals surface area contributed by atoms with Crippen molar-refractivity contribution in [2.75, 3.05) is 5.32 Å². The van der Waals surface area contributed by atoms with Crippen LogP contribution in [0.2, 0.25) is 0 Å². The van der Waals surface area contributed by atoms with Crippen LogP contribution in [0.4, 0.5) is 5.82 Å². The lowest BCUT2D eigenvalue weighted by Crippen LogP contribution is -2.09. The molecular formula is C19H18N6. The Hall–Kier alpha value is -3.28. The highest BCUT2D eigenvalue weighted by Gasteiger charge is 2.13. The molecule has 0 radical (unpaired) electrons. The van der Waals surface area contributed by atoms with Crippen LogP contribution in [-0.2, 0) is 0 Å². The van der Waals surface area contributed by atoms with Crippen LogP contribution < -0.4 is 5.32 Å². The van der Waals surface area contributed by atoms with E-state index in [9.17, 15) is 0 Å². The zero-order valence-electron chi connectivity index (χ0n) is 14.1. The van der Waals surface area contributed by atoms with Gasteiger partial charge in [-0.2, -0.15) is 0 Å². The van der Waals surface area contributed by atoms with Crippen molar-refractivity contribution in [3.8, 4) is 5.69 Å². The maximum atomic E-state index is 4.40. The first kappa shape index (κ1) is 15.3. The summed E-state index contributed by atoms with van der Waals surface area (Å²) < 4.78 is 1.77. The Balaban J connectivity index is 1.62. The minimum absolute atomic E-state index is 0.0314. The molecule has 0 saturated carbocycles. The molecule has 2 aromatic heterocycles. The van der Waals surface area contributed by atoms with E-state index in [1.807, 2.05) is 55.6 Å². The molecule has 0 aliphatic rings. The molecule has 1 unspecified atom stereocenters. The van der Waals surface area contributed by atoms with E-state index >= 15 is 0 Å². The smallest absolute Gasteiger partial charge is 0.137 e. The van der Waals surface area contributed by atoms with Gasteiger partial charge in [0, 0.05) is 5.39 Å². The predicted octanol–water partition coefficient (Wildman–Crippen LogP) is 3.69. The molecule has 4 rings (SSSR count). The maximum absolute atomic E-state index is 4.40. The van der Waals surface area contributed by atoms with Gasteiger partial charge in [0.15, 0.2) is 0 Å². The van der Waals surface area contributed by atoms with Gasteiger partial charge in [-0.25, -0.2) is 14.6 Å². The molecule has 2 heterocycles. The molecule has 0 bridgehead atoms. The average molecular weight is 330 g/mol. The Labute approximate surface area is 145 Å². The first-order valence-corrected chi connectivity index (χ1v) is 8.16. The fourth-order valence-electron chi connectivity index (χ4n) is 2.75. The van der Waals surface area contributed by atoms with Gasteiger partial charge in [-0.15, -0.1) is 5.10 Å². The number of para-hydroxylation sites is 1. The summed E-state index contributed by atoms with van der Waals surface area (Å²) in [5.41, 5.74) is 3.93. The van der Waals surface area contributed by atoms with Crippen molar-refractivity contribution in [1.29, 1.82) is 0 Å². The van der Waals surface area contributed by atoms with Gasteiger partial charge in [0.25, 0.3) is 0 Å². The van der Waals surface area contributed by atoms with Crippen LogP contribution in [0.15, 0.2) is 61.1 Å². The molecule has 0 aliphatic carbocycles. The second-order valence-electron chi connectivity index (χ2n) is 6.03. The number of fused-ring (bicyclic) bond motifs is 1. The summed E-state index contributed by atoms with van der Waals surface area (Å²) in [6, 6.07) is 16.0. The Kier molecular flexibility index (Phi) is 3.85. The number of hydrogen-bond acceptors (Lipinski definition) is 5. The van der Waals surface area contributed by atoms with E-state index in [1.54, 1.807) is 11.0 Å². The molecule has 124 valence electrons. The first-order valence-electron chi connectivity index (χ1n) is 8.16. The van der Waals surface area contributed by atoms with E-state index < -0.39 is 0 Å². The van der Waals surface area contributed by atoms with Gasteiger partial charge in [0.05, 0.1) is 23.4 Å². The zero-order valence-corrected chi connectivity index (χ0v) is 14.1. The lowest BCUT2D eigenvalue weighted by molar-refractivity contribution is 0.780. The molecule has 6 nitrogen and oxygen atoms in total. The number of aryl methyl sites for hydroxylation is 1. The van der Waals surface area contributed by atoms with E-state index in [4.69, 9.17) is 0 Å². The molecule has 0 fully saturated rings. The van der Waals surface area contributed by atoms with Crippen molar-refractivity contribution in [3.63, 3.8) is 0 Å². The van der Waals surface area contributed by atoms with Crippen molar-refractivity contribution in [2.24, 2.45) is 0 Å². The van der Waals surface area contributed by atoms with E-state index in [-0.39, 0.29) is 6.04 Å². The molecule has 1 N–H and O–H groups in total. The largest absolute Gasteiger partial charge is 0.361 e. The molecule has 25 heavy (non-hydrogen) atoms. The lowest BCUT2D eigenvalue weighted by Gasteiger charge is -2.13. The SMILES string of the molecule is Cc1ccc2ncnc(NC(C)c3cn(-c4ccccc4)nn3)c2c1. The fraction of sp³-hybridized carbons (Fsp3) is 0.158. The highest BCUT2D eigenvalue weighted by atomic mass is 15.4. The van der Waals surface area contributed by atoms with E-state index in [1.165, 1.54) is 5.56 Å². The van der Waals surface area contributed by atoms with Crippen molar-refractivity contribution in [3.05, 3.63) is 72.3 Å². The number of nitrogens with zero attached hydrogens (tertiary/aromatic N) is 5. The topological polar surface area (TPSA) is 68.5 Å². The van der Waals surface area contributed by atoms with Crippen molar-refractivity contribution in [1.82, 2.24) is 25.0 Å². The Morgan fingerprint density at radius 3 is 2.72 bits per heavy atom. The normalized spacial score (nSPS) is 12.2. The molecule has 4 aromatic rings. The number of nitrogens with one attached hydrogen (secondary N) is 1. The number of anilines is 1. The minimum atomic E-state index is -0.0314. The zero-order chi connectivity index (χ0) is 17.2. The number of aromatic nitrogens is 5. The Morgan fingerprint density at radius 1 is 1.04 bits per heavy atom. The van der Waals surface area contributed by atoms with E-state index in [2.05, 4.69) is 38.6 Å². The van der Waals surface area contributed by atoms with Crippen LogP contribution in [0.5, 0.6) is 0 Å². The lowest BCUT2D eigenvalue weighted by atomic mass is 10.1. The summed E-state index contributed by atoms with van der Waals surface area (Å²) >= 11 is 0. The van der Waals surface area contributed by atoms with Crippen LogP contribution in [0.3, 0.4) is 0 Å². The third-order valence-corrected chi connectivity index (χ3v) is 4.12. The van der Waals surface area contributed by atoms with Crippen LogP contribution in [0, 0.1) is 6.92 Å². The minimum Gasteiger partial charge on any atom is -0.361 e. The molecule has 2 aromatic carbocycles. The van der Waals surface area contributed by atoms with Crippen molar-refractivity contribution in [2.45, 2.75) is 19.9 Å². The highest BCUT2D eigenvalue weighted by Crippen LogP contribution is 2.24. The highest BCUT2D eigenvalue weighted by molar-refractivity contribution is 5.89. The van der Waals surface area contributed by atoms with Crippen LogP contribution >= 0.6 is 0 Å².